The van der Waals surface area contributed by atoms with E-state index in [9.17, 15) is 4.79 Å². The average Bonchev–Trinajstić information content (AvgIpc) is 3.18. The van der Waals surface area contributed by atoms with Gasteiger partial charge >= 0.3 is 0 Å². The molecule has 0 saturated carbocycles. The number of fused-ring (bicyclic) bond motifs is 1. The fourth-order valence-corrected chi connectivity index (χ4v) is 4.20. The smallest absolute Gasteiger partial charge is 0.241 e. The van der Waals surface area contributed by atoms with Gasteiger partial charge < -0.3 is 5.32 Å². The third-order valence-electron chi connectivity index (χ3n) is 5.99. The minimum atomic E-state index is -0.555. The Morgan fingerprint density at radius 1 is 0.966 bits per heavy atom. The van der Waals surface area contributed by atoms with Gasteiger partial charge in [-0.3, -0.25) is 14.7 Å². The lowest BCUT2D eigenvalue weighted by Gasteiger charge is -2.37. The standard InChI is InChI=1S/C25H27N3O/c1-28(15-13-20-8-3-2-4-9-20)25(16-22-11-5-6-12-23(22)17-25)24(29)27-19-21-10-7-14-26-18-21/h2-12,14,18H,13,15-17,19H2,1H3,(H,27,29). The number of hydrogen-bond acceptors (Lipinski definition) is 3. The summed E-state index contributed by atoms with van der Waals surface area (Å²) in [6, 6.07) is 22.8. The van der Waals surface area contributed by atoms with Crippen LogP contribution in [-0.4, -0.2) is 34.9 Å². The number of amides is 1. The van der Waals surface area contributed by atoms with Crippen LogP contribution in [0.5, 0.6) is 0 Å². The van der Waals surface area contributed by atoms with E-state index < -0.39 is 5.54 Å². The van der Waals surface area contributed by atoms with Crippen LogP contribution in [0.3, 0.4) is 0 Å². The second-order valence-corrected chi connectivity index (χ2v) is 7.85. The van der Waals surface area contributed by atoms with Gasteiger partial charge in [-0.1, -0.05) is 60.7 Å². The molecule has 2 aromatic carbocycles. The molecule has 0 spiro atoms. The van der Waals surface area contributed by atoms with E-state index in [0.29, 0.717) is 6.54 Å². The molecule has 0 fully saturated rings. The van der Waals surface area contributed by atoms with Crippen LogP contribution in [-0.2, 0) is 30.6 Å². The van der Waals surface area contributed by atoms with Crippen molar-refractivity contribution < 1.29 is 4.79 Å². The van der Waals surface area contributed by atoms with Crippen molar-refractivity contribution in [3.63, 3.8) is 0 Å². The van der Waals surface area contributed by atoms with Gasteiger partial charge in [-0.15, -0.1) is 0 Å². The molecule has 4 heteroatoms. The molecule has 1 aliphatic rings. The van der Waals surface area contributed by atoms with Crippen molar-refractivity contribution in [3.8, 4) is 0 Å². The molecule has 1 amide bonds. The van der Waals surface area contributed by atoms with Crippen molar-refractivity contribution in [1.29, 1.82) is 0 Å². The van der Waals surface area contributed by atoms with Crippen LogP contribution in [0.25, 0.3) is 0 Å². The number of nitrogens with one attached hydrogen (secondary N) is 1. The number of likely N-dealkylation sites (N-methyl/N-ethyl adjacent to an activating group) is 1. The Hall–Kier alpha value is -2.98. The van der Waals surface area contributed by atoms with Gasteiger partial charge in [0.05, 0.1) is 0 Å². The number of carbonyl (C=O) groups is 1. The van der Waals surface area contributed by atoms with Crippen molar-refractivity contribution in [2.45, 2.75) is 31.3 Å². The second kappa shape index (κ2) is 8.58. The van der Waals surface area contributed by atoms with Crippen LogP contribution >= 0.6 is 0 Å². The molecule has 0 saturated heterocycles. The number of carbonyl (C=O) groups excluding carboxylic acids is 1. The highest BCUT2D eigenvalue weighted by atomic mass is 16.2. The molecule has 148 valence electrons. The molecule has 4 rings (SSSR count). The van der Waals surface area contributed by atoms with Crippen LogP contribution in [0.1, 0.15) is 22.3 Å². The fraction of sp³-hybridized carbons (Fsp3) is 0.280. The molecular weight excluding hydrogens is 358 g/mol. The first-order valence-corrected chi connectivity index (χ1v) is 10.2. The van der Waals surface area contributed by atoms with Crippen molar-refractivity contribution in [1.82, 2.24) is 15.2 Å². The van der Waals surface area contributed by atoms with Gasteiger partial charge in [-0.05, 0) is 41.8 Å². The van der Waals surface area contributed by atoms with Gasteiger partial charge in [0.25, 0.3) is 0 Å². The van der Waals surface area contributed by atoms with Crippen LogP contribution < -0.4 is 5.32 Å². The zero-order valence-electron chi connectivity index (χ0n) is 16.8. The summed E-state index contributed by atoms with van der Waals surface area (Å²) in [6.07, 6.45) is 5.96. The zero-order valence-corrected chi connectivity index (χ0v) is 16.8. The van der Waals surface area contributed by atoms with Crippen molar-refractivity contribution in [3.05, 3.63) is 101 Å². The quantitative estimate of drug-likeness (QED) is 0.678. The molecular formula is C25H27N3O. The lowest BCUT2D eigenvalue weighted by Crippen LogP contribution is -2.58. The van der Waals surface area contributed by atoms with Crippen LogP contribution in [0.2, 0.25) is 0 Å². The molecule has 1 aliphatic carbocycles. The van der Waals surface area contributed by atoms with Crippen LogP contribution in [0.15, 0.2) is 79.1 Å². The monoisotopic (exact) mass is 385 g/mol. The van der Waals surface area contributed by atoms with Gasteiger partial charge in [0.1, 0.15) is 5.54 Å². The Kier molecular flexibility index (Phi) is 5.72. The molecule has 4 nitrogen and oxygen atoms in total. The second-order valence-electron chi connectivity index (χ2n) is 7.85. The Balaban J connectivity index is 1.52. The summed E-state index contributed by atoms with van der Waals surface area (Å²) in [6.45, 7) is 1.33. The highest BCUT2D eigenvalue weighted by molar-refractivity contribution is 5.88. The first-order valence-electron chi connectivity index (χ1n) is 10.2. The third kappa shape index (κ3) is 4.22. The molecule has 1 heterocycles. The molecule has 0 atom stereocenters. The molecule has 29 heavy (non-hydrogen) atoms. The molecule has 1 aromatic heterocycles. The normalized spacial score (nSPS) is 14.6. The summed E-state index contributed by atoms with van der Waals surface area (Å²) in [4.78, 5) is 19.9. The van der Waals surface area contributed by atoms with Crippen molar-refractivity contribution >= 4 is 5.91 Å². The average molecular weight is 386 g/mol. The van der Waals surface area contributed by atoms with Gasteiger partial charge in [0.15, 0.2) is 0 Å². The Morgan fingerprint density at radius 3 is 2.28 bits per heavy atom. The number of nitrogens with zero attached hydrogens (tertiary/aromatic N) is 2. The zero-order chi connectivity index (χ0) is 20.1. The molecule has 3 aromatic rings. The summed E-state index contributed by atoms with van der Waals surface area (Å²) >= 11 is 0. The van der Waals surface area contributed by atoms with E-state index in [2.05, 4.69) is 70.8 Å². The predicted molar refractivity (Wildman–Crippen MR) is 115 cm³/mol. The number of aromatic nitrogens is 1. The Labute approximate surface area is 172 Å². The summed E-state index contributed by atoms with van der Waals surface area (Å²) in [5, 5.41) is 3.18. The summed E-state index contributed by atoms with van der Waals surface area (Å²) in [7, 11) is 2.08. The van der Waals surface area contributed by atoms with Gasteiger partial charge in [0, 0.05) is 38.3 Å². The number of rotatable bonds is 7. The number of pyridine rings is 1. The summed E-state index contributed by atoms with van der Waals surface area (Å²) in [5.74, 6) is 0.0908. The highest BCUT2D eigenvalue weighted by Crippen LogP contribution is 2.34. The SMILES string of the molecule is CN(CCc1ccccc1)C1(C(=O)NCc2cccnc2)Cc2ccccc2C1. The maximum Gasteiger partial charge on any atom is 0.241 e. The lowest BCUT2D eigenvalue weighted by molar-refractivity contribution is -0.132. The molecule has 0 aliphatic heterocycles. The molecule has 0 unspecified atom stereocenters. The van der Waals surface area contributed by atoms with Crippen molar-refractivity contribution in [2.24, 2.45) is 0 Å². The highest BCUT2D eigenvalue weighted by Gasteiger charge is 2.46. The van der Waals surface area contributed by atoms with Crippen molar-refractivity contribution in [2.75, 3.05) is 13.6 Å². The molecule has 1 N–H and O–H groups in total. The van der Waals surface area contributed by atoms with Gasteiger partial charge in [0.2, 0.25) is 5.91 Å². The maximum absolute atomic E-state index is 13.5. The van der Waals surface area contributed by atoms with Gasteiger partial charge in [-0.2, -0.15) is 0 Å². The van der Waals surface area contributed by atoms with E-state index in [4.69, 9.17) is 0 Å². The minimum absolute atomic E-state index is 0.0908. The van der Waals surface area contributed by atoms with Gasteiger partial charge in [-0.25, -0.2) is 0 Å². The Morgan fingerprint density at radius 2 is 1.62 bits per heavy atom. The maximum atomic E-state index is 13.5. The predicted octanol–water partition coefficient (Wildman–Crippen LogP) is 3.41. The van der Waals surface area contributed by atoms with E-state index in [1.165, 1.54) is 16.7 Å². The lowest BCUT2D eigenvalue weighted by atomic mass is 9.91. The van der Waals surface area contributed by atoms with Crippen LogP contribution in [0, 0.1) is 0 Å². The van der Waals surface area contributed by atoms with E-state index in [1.54, 1.807) is 12.4 Å². The van der Waals surface area contributed by atoms with E-state index in [-0.39, 0.29) is 5.91 Å². The largest absolute Gasteiger partial charge is 0.350 e. The van der Waals surface area contributed by atoms with E-state index in [1.807, 2.05) is 18.2 Å². The van der Waals surface area contributed by atoms with Crippen LogP contribution in [0.4, 0.5) is 0 Å². The summed E-state index contributed by atoms with van der Waals surface area (Å²) in [5.41, 5.74) is 4.30. The number of benzene rings is 2. The molecule has 0 bridgehead atoms. The van der Waals surface area contributed by atoms with E-state index >= 15 is 0 Å². The molecule has 0 radical (unpaired) electrons. The third-order valence-corrected chi connectivity index (χ3v) is 5.99. The first-order chi connectivity index (χ1) is 14.2. The van der Waals surface area contributed by atoms with E-state index in [0.717, 1.165) is 31.4 Å². The first kappa shape index (κ1) is 19.3. The fourth-order valence-electron chi connectivity index (χ4n) is 4.20. The Bertz CT molecular complexity index is 931. The number of hydrogen-bond donors (Lipinski definition) is 1. The summed E-state index contributed by atoms with van der Waals surface area (Å²) < 4.78 is 0. The topological polar surface area (TPSA) is 45.2 Å². The minimum Gasteiger partial charge on any atom is -0.350 e.